The number of benzene rings is 1. The van der Waals surface area contributed by atoms with E-state index in [0.717, 1.165) is 16.4 Å². The third-order valence-corrected chi connectivity index (χ3v) is 5.87. The molecule has 0 radical (unpaired) electrons. The van der Waals surface area contributed by atoms with E-state index in [4.69, 9.17) is 0 Å². The fourth-order valence-electron chi connectivity index (χ4n) is 1.45. The van der Waals surface area contributed by atoms with E-state index in [1.54, 1.807) is 6.92 Å². The van der Waals surface area contributed by atoms with E-state index >= 15 is 0 Å². The van der Waals surface area contributed by atoms with E-state index in [1.807, 2.05) is 0 Å². The minimum Gasteiger partial charge on any atom is -0.465 e. The molecule has 8 nitrogen and oxygen atoms in total. The van der Waals surface area contributed by atoms with Crippen LogP contribution in [0.2, 0.25) is 0 Å². The number of rotatable bonds is 7. The second-order valence-electron chi connectivity index (χ2n) is 4.39. The monoisotopic (exact) mass is 350 g/mol. The van der Waals surface area contributed by atoms with Crippen molar-refractivity contribution in [3.8, 4) is 0 Å². The zero-order valence-electron chi connectivity index (χ0n) is 12.4. The molecule has 22 heavy (non-hydrogen) atoms. The van der Waals surface area contributed by atoms with Gasteiger partial charge in [0.2, 0.25) is 20.0 Å². The minimum absolute atomic E-state index is 0.0261. The van der Waals surface area contributed by atoms with Gasteiger partial charge in [-0.25, -0.2) is 21.1 Å². The van der Waals surface area contributed by atoms with Crippen LogP contribution in [0.3, 0.4) is 0 Å². The molecule has 0 atom stereocenters. The molecule has 0 aromatic heterocycles. The number of sulfonamides is 2. The maximum Gasteiger partial charge on any atom is 0.321 e. The number of carbonyl (C=O) groups is 1. The summed E-state index contributed by atoms with van der Waals surface area (Å²) in [5, 5.41) is 0. The molecule has 10 heteroatoms. The standard InChI is InChI=1S/C12H18N2O6S2/c1-4-20-12(15)9-13-21(16,17)10-5-7-11(8-6-10)22(18,19)14(2)3/h5-8,13H,4,9H2,1-3H3. The molecule has 1 N–H and O–H groups in total. The molecule has 0 fully saturated rings. The molecule has 0 bridgehead atoms. The van der Waals surface area contributed by atoms with Crippen LogP contribution in [0.1, 0.15) is 6.92 Å². The molecule has 0 unspecified atom stereocenters. The third-order valence-electron chi connectivity index (χ3n) is 2.62. The molecule has 0 saturated carbocycles. The first-order chi connectivity index (χ1) is 10.1. The van der Waals surface area contributed by atoms with Crippen molar-refractivity contribution in [2.24, 2.45) is 0 Å². The van der Waals surface area contributed by atoms with Crippen LogP contribution < -0.4 is 4.72 Å². The van der Waals surface area contributed by atoms with Gasteiger partial charge in [0.05, 0.1) is 16.4 Å². The predicted molar refractivity (Wildman–Crippen MR) is 79.1 cm³/mol. The van der Waals surface area contributed by atoms with Crippen LogP contribution in [0.25, 0.3) is 0 Å². The Labute approximate surface area is 130 Å². The summed E-state index contributed by atoms with van der Waals surface area (Å²) in [6.07, 6.45) is 0. The first-order valence-electron chi connectivity index (χ1n) is 6.29. The van der Waals surface area contributed by atoms with E-state index < -0.39 is 32.6 Å². The van der Waals surface area contributed by atoms with Crippen LogP contribution >= 0.6 is 0 Å². The number of nitrogens with one attached hydrogen (secondary N) is 1. The largest absolute Gasteiger partial charge is 0.465 e. The van der Waals surface area contributed by atoms with Gasteiger partial charge in [0.15, 0.2) is 0 Å². The number of hydrogen-bond acceptors (Lipinski definition) is 6. The van der Waals surface area contributed by atoms with Crippen molar-refractivity contribution >= 4 is 26.0 Å². The summed E-state index contributed by atoms with van der Waals surface area (Å²) in [6.45, 7) is 1.27. The van der Waals surface area contributed by atoms with E-state index in [-0.39, 0.29) is 16.4 Å². The molecule has 0 saturated heterocycles. The van der Waals surface area contributed by atoms with E-state index in [1.165, 1.54) is 26.2 Å². The second kappa shape index (κ2) is 7.18. The highest BCUT2D eigenvalue weighted by Gasteiger charge is 2.20. The Hall–Kier alpha value is -1.49. The summed E-state index contributed by atoms with van der Waals surface area (Å²) in [6, 6.07) is 4.69. The van der Waals surface area contributed by atoms with Crippen LogP contribution in [-0.2, 0) is 29.6 Å². The Morgan fingerprint density at radius 2 is 1.59 bits per heavy atom. The Morgan fingerprint density at radius 1 is 1.09 bits per heavy atom. The molecule has 0 amide bonds. The molecular formula is C12H18N2O6S2. The quantitative estimate of drug-likeness (QED) is 0.681. The normalized spacial score (nSPS) is 12.4. The average Bonchev–Trinajstić information content (AvgIpc) is 2.45. The van der Waals surface area contributed by atoms with Gasteiger partial charge in [-0.1, -0.05) is 0 Å². The van der Waals surface area contributed by atoms with Crippen LogP contribution in [0.4, 0.5) is 0 Å². The SMILES string of the molecule is CCOC(=O)CNS(=O)(=O)c1ccc(S(=O)(=O)N(C)C)cc1. The lowest BCUT2D eigenvalue weighted by Crippen LogP contribution is -2.30. The van der Waals surface area contributed by atoms with Gasteiger partial charge in [-0.15, -0.1) is 0 Å². The number of ether oxygens (including phenoxy) is 1. The van der Waals surface area contributed by atoms with Crippen molar-refractivity contribution in [2.45, 2.75) is 16.7 Å². The van der Waals surface area contributed by atoms with Crippen LogP contribution in [0, 0.1) is 0 Å². The van der Waals surface area contributed by atoms with Crippen LogP contribution in [-0.4, -0.2) is 54.4 Å². The average molecular weight is 350 g/mol. The highest BCUT2D eigenvalue weighted by atomic mass is 32.2. The molecule has 0 spiro atoms. The predicted octanol–water partition coefficient (Wildman–Crippen LogP) is -0.222. The third kappa shape index (κ3) is 4.50. The van der Waals surface area contributed by atoms with Crippen molar-refractivity contribution in [3.05, 3.63) is 24.3 Å². The van der Waals surface area contributed by atoms with Crippen molar-refractivity contribution < 1.29 is 26.4 Å². The smallest absolute Gasteiger partial charge is 0.321 e. The van der Waals surface area contributed by atoms with Gasteiger partial charge in [0.1, 0.15) is 6.54 Å². The maximum atomic E-state index is 12.0. The number of nitrogens with zero attached hydrogens (tertiary/aromatic N) is 1. The van der Waals surface area contributed by atoms with Crippen molar-refractivity contribution in [3.63, 3.8) is 0 Å². The first-order valence-corrected chi connectivity index (χ1v) is 9.21. The molecule has 0 heterocycles. The van der Waals surface area contributed by atoms with E-state index in [2.05, 4.69) is 9.46 Å². The van der Waals surface area contributed by atoms with Gasteiger partial charge < -0.3 is 4.74 Å². The van der Waals surface area contributed by atoms with Crippen LogP contribution in [0.5, 0.6) is 0 Å². The lowest BCUT2D eigenvalue weighted by atomic mass is 10.4. The highest BCUT2D eigenvalue weighted by molar-refractivity contribution is 7.89. The van der Waals surface area contributed by atoms with Crippen molar-refractivity contribution in [1.82, 2.24) is 9.03 Å². The number of hydrogen-bond donors (Lipinski definition) is 1. The van der Waals surface area contributed by atoms with Gasteiger partial charge in [-0.2, -0.15) is 4.72 Å². The lowest BCUT2D eigenvalue weighted by Gasteiger charge is -2.12. The number of carbonyl (C=O) groups excluding carboxylic acids is 1. The molecule has 0 aliphatic heterocycles. The molecule has 1 aromatic carbocycles. The molecule has 0 aliphatic carbocycles. The molecule has 0 aliphatic rings. The van der Waals surface area contributed by atoms with Gasteiger partial charge in [0, 0.05) is 14.1 Å². The molecule has 1 aromatic rings. The zero-order valence-corrected chi connectivity index (χ0v) is 14.1. The van der Waals surface area contributed by atoms with E-state index in [9.17, 15) is 21.6 Å². The summed E-state index contributed by atoms with van der Waals surface area (Å²) >= 11 is 0. The summed E-state index contributed by atoms with van der Waals surface area (Å²) in [4.78, 5) is 11.0. The number of esters is 1. The van der Waals surface area contributed by atoms with Gasteiger partial charge >= 0.3 is 5.97 Å². The van der Waals surface area contributed by atoms with Gasteiger partial charge in [-0.05, 0) is 31.2 Å². The lowest BCUT2D eigenvalue weighted by molar-refractivity contribution is -0.141. The minimum atomic E-state index is -3.92. The van der Waals surface area contributed by atoms with Gasteiger partial charge in [-0.3, -0.25) is 4.79 Å². The molecular weight excluding hydrogens is 332 g/mol. The highest BCUT2D eigenvalue weighted by Crippen LogP contribution is 2.16. The van der Waals surface area contributed by atoms with Gasteiger partial charge in [0.25, 0.3) is 0 Å². The van der Waals surface area contributed by atoms with E-state index in [0.29, 0.717) is 0 Å². The molecule has 1 rings (SSSR count). The summed E-state index contributed by atoms with van der Waals surface area (Å²) in [5.74, 6) is -0.696. The maximum absolute atomic E-state index is 12.0. The second-order valence-corrected chi connectivity index (χ2v) is 8.31. The fraction of sp³-hybridized carbons (Fsp3) is 0.417. The van der Waals surface area contributed by atoms with Crippen LogP contribution in [0.15, 0.2) is 34.1 Å². The summed E-state index contributed by atoms with van der Waals surface area (Å²) in [5.41, 5.74) is 0. The van der Waals surface area contributed by atoms with Crippen molar-refractivity contribution in [2.75, 3.05) is 27.2 Å². The topological polar surface area (TPSA) is 110 Å². The Morgan fingerprint density at radius 3 is 2.05 bits per heavy atom. The zero-order chi connectivity index (χ0) is 17.0. The fourth-order valence-corrected chi connectivity index (χ4v) is 3.32. The van der Waals surface area contributed by atoms with Crippen molar-refractivity contribution in [1.29, 1.82) is 0 Å². The first kappa shape index (κ1) is 18.6. The Kier molecular flexibility index (Phi) is 6.06. The Bertz CT molecular complexity index is 723. The Balaban J connectivity index is 2.92. The summed E-state index contributed by atoms with van der Waals surface area (Å²) < 4.78 is 55.4. The summed E-state index contributed by atoms with van der Waals surface area (Å²) in [7, 11) is -4.79. The molecule has 124 valence electrons.